The van der Waals surface area contributed by atoms with E-state index in [4.69, 9.17) is 9.47 Å². The smallest absolute Gasteiger partial charge is 0.261 e. The van der Waals surface area contributed by atoms with Crippen molar-refractivity contribution in [1.82, 2.24) is 9.55 Å². The van der Waals surface area contributed by atoms with E-state index in [9.17, 15) is 8.42 Å². The van der Waals surface area contributed by atoms with E-state index >= 15 is 0 Å². The predicted molar refractivity (Wildman–Crippen MR) is 91.1 cm³/mol. The monoisotopic (exact) mass is 347 g/mol. The molecule has 126 valence electrons. The highest BCUT2D eigenvalue weighted by Crippen LogP contribution is 2.31. The van der Waals surface area contributed by atoms with Crippen molar-refractivity contribution in [2.24, 2.45) is 7.05 Å². The topological polar surface area (TPSA) is 82.5 Å². The van der Waals surface area contributed by atoms with Crippen LogP contribution in [0.15, 0.2) is 47.6 Å². The third-order valence-corrected chi connectivity index (χ3v) is 5.02. The zero-order chi connectivity index (χ0) is 17.3. The molecule has 0 saturated heterocycles. The number of sulfonamides is 1. The van der Waals surface area contributed by atoms with Crippen molar-refractivity contribution in [3.8, 4) is 11.5 Å². The first-order chi connectivity index (χ1) is 11.4. The Morgan fingerprint density at radius 2 is 1.79 bits per heavy atom. The Morgan fingerprint density at radius 1 is 1.04 bits per heavy atom. The van der Waals surface area contributed by atoms with Gasteiger partial charge < -0.3 is 14.0 Å². The van der Waals surface area contributed by atoms with Gasteiger partial charge in [-0.25, -0.2) is 13.4 Å². The summed E-state index contributed by atoms with van der Waals surface area (Å²) in [6.07, 6.45) is 1.64. The minimum Gasteiger partial charge on any atom is -0.493 e. The Labute approximate surface area is 139 Å². The van der Waals surface area contributed by atoms with Crippen molar-refractivity contribution in [3.63, 3.8) is 0 Å². The van der Waals surface area contributed by atoms with Crippen LogP contribution in [0.3, 0.4) is 0 Å². The molecule has 24 heavy (non-hydrogen) atoms. The highest BCUT2D eigenvalue weighted by atomic mass is 32.2. The Bertz CT molecular complexity index is 996. The maximum atomic E-state index is 12.6. The first-order valence-corrected chi connectivity index (χ1v) is 8.59. The van der Waals surface area contributed by atoms with Gasteiger partial charge in [-0.05, 0) is 30.3 Å². The van der Waals surface area contributed by atoms with Gasteiger partial charge in [0.25, 0.3) is 10.0 Å². The van der Waals surface area contributed by atoms with Crippen molar-refractivity contribution in [2.45, 2.75) is 4.90 Å². The van der Waals surface area contributed by atoms with Crippen LogP contribution < -0.4 is 14.2 Å². The van der Waals surface area contributed by atoms with Crippen molar-refractivity contribution in [2.75, 3.05) is 18.9 Å². The number of nitrogens with zero attached hydrogens (tertiary/aromatic N) is 2. The summed E-state index contributed by atoms with van der Waals surface area (Å²) in [5.74, 6) is 0.966. The van der Waals surface area contributed by atoms with Crippen LogP contribution in [0.1, 0.15) is 0 Å². The van der Waals surface area contributed by atoms with Crippen LogP contribution in [0, 0.1) is 0 Å². The molecule has 0 saturated carbocycles. The van der Waals surface area contributed by atoms with Crippen LogP contribution in [0.2, 0.25) is 0 Å². The molecule has 3 rings (SSSR count). The fourth-order valence-electron chi connectivity index (χ4n) is 2.40. The second kappa shape index (κ2) is 6.04. The normalized spacial score (nSPS) is 11.5. The molecule has 7 nitrogen and oxygen atoms in total. The highest BCUT2D eigenvalue weighted by Gasteiger charge is 2.17. The molecule has 1 aromatic heterocycles. The SMILES string of the molecule is COc1ccc(NS(=O)(=O)c2ccc3c(c2)ncn3C)cc1OC. The summed E-state index contributed by atoms with van der Waals surface area (Å²) < 4.78 is 39.9. The van der Waals surface area contributed by atoms with E-state index in [1.54, 1.807) is 42.7 Å². The van der Waals surface area contributed by atoms with Crippen LogP contribution in [0.4, 0.5) is 5.69 Å². The number of nitrogens with one attached hydrogen (secondary N) is 1. The largest absolute Gasteiger partial charge is 0.493 e. The van der Waals surface area contributed by atoms with Crippen LogP contribution in [-0.2, 0) is 17.1 Å². The van der Waals surface area contributed by atoms with Gasteiger partial charge in [0.15, 0.2) is 11.5 Å². The lowest BCUT2D eigenvalue weighted by Crippen LogP contribution is -2.13. The van der Waals surface area contributed by atoms with E-state index in [1.165, 1.54) is 14.2 Å². The second-order valence-corrected chi connectivity index (χ2v) is 6.86. The summed E-state index contributed by atoms with van der Waals surface area (Å²) >= 11 is 0. The lowest BCUT2D eigenvalue weighted by molar-refractivity contribution is 0.355. The minimum absolute atomic E-state index is 0.142. The molecule has 1 heterocycles. The molecular formula is C16H17N3O4S. The van der Waals surface area contributed by atoms with Crippen molar-refractivity contribution >= 4 is 26.7 Å². The quantitative estimate of drug-likeness (QED) is 0.766. The molecule has 0 spiro atoms. The van der Waals surface area contributed by atoms with Crippen LogP contribution in [0.5, 0.6) is 11.5 Å². The molecule has 0 amide bonds. The lowest BCUT2D eigenvalue weighted by atomic mass is 10.3. The van der Waals surface area contributed by atoms with Gasteiger partial charge in [0.2, 0.25) is 0 Å². The molecule has 0 aliphatic heterocycles. The number of benzene rings is 2. The summed E-state index contributed by atoms with van der Waals surface area (Å²) in [5, 5.41) is 0. The number of methoxy groups -OCH3 is 2. The molecule has 0 fully saturated rings. The Balaban J connectivity index is 1.95. The van der Waals surface area contributed by atoms with Gasteiger partial charge in [0.1, 0.15) is 0 Å². The van der Waals surface area contributed by atoms with Crippen molar-refractivity contribution in [3.05, 3.63) is 42.7 Å². The zero-order valence-corrected chi connectivity index (χ0v) is 14.3. The summed E-state index contributed by atoms with van der Waals surface area (Å²) in [7, 11) is 1.13. The van der Waals surface area contributed by atoms with Crippen LogP contribution >= 0.6 is 0 Å². The number of aryl methyl sites for hydroxylation is 1. The standard InChI is InChI=1S/C16H17N3O4S/c1-19-10-17-13-9-12(5-6-14(13)19)24(20,21)18-11-4-7-15(22-2)16(8-11)23-3/h4-10,18H,1-3H3. The molecular weight excluding hydrogens is 330 g/mol. The third kappa shape index (κ3) is 2.88. The summed E-state index contributed by atoms with van der Waals surface area (Å²) in [4.78, 5) is 4.33. The average molecular weight is 347 g/mol. The maximum Gasteiger partial charge on any atom is 0.261 e. The summed E-state index contributed by atoms with van der Waals surface area (Å²) in [6.45, 7) is 0. The second-order valence-electron chi connectivity index (χ2n) is 5.18. The number of hydrogen-bond donors (Lipinski definition) is 1. The number of ether oxygens (including phenoxy) is 2. The minimum atomic E-state index is -3.74. The summed E-state index contributed by atoms with van der Waals surface area (Å²) in [5.41, 5.74) is 1.86. The number of anilines is 1. The average Bonchev–Trinajstić information content (AvgIpc) is 2.95. The Hall–Kier alpha value is -2.74. The van der Waals surface area contributed by atoms with E-state index in [0.717, 1.165) is 5.52 Å². The molecule has 0 radical (unpaired) electrons. The van der Waals surface area contributed by atoms with E-state index in [1.807, 2.05) is 11.6 Å². The van der Waals surface area contributed by atoms with Gasteiger partial charge in [-0.1, -0.05) is 0 Å². The van der Waals surface area contributed by atoms with Gasteiger partial charge in [0.05, 0.1) is 42.2 Å². The van der Waals surface area contributed by atoms with Gasteiger partial charge in [0, 0.05) is 13.1 Å². The molecule has 0 aliphatic carbocycles. The summed E-state index contributed by atoms with van der Waals surface area (Å²) in [6, 6.07) is 9.63. The Kier molecular flexibility index (Phi) is 4.06. The zero-order valence-electron chi connectivity index (χ0n) is 13.5. The van der Waals surface area contributed by atoms with E-state index in [-0.39, 0.29) is 4.90 Å². The van der Waals surface area contributed by atoms with Gasteiger partial charge in [-0.2, -0.15) is 0 Å². The van der Waals surface area contributed by atoms with E-state index in [0.29, 0.717) is 22.7 Å². The molecule has 0 bridgehead atoms. The first-order valence-electron chi connectivity index (χ1n) is 7.10. The van der Waals surface area contributed by atoms with Gasteiger partial charge >= 0.3 is 0 Å². The first kappa shape index (κ1) is 16.1. The third-order valence-electron chi connectivity index (χ3n) is 3.64. The van der Waals surface area contributed by atoms with E-state index < -0.39 is 10.0 Å². The number of fused-ring (bicyclic) bond motifs is 1. The number of imidazole rings is 1. The molecule has 0 aliphatic rings. The maximum absolute atomic E-state index is 12.6. The van der Waals surface area contributed by atoms with Crippen LogP contribution in [0.25, 0.3) is 11.0 Å². The fraction of sp³-hybridized carbons (Fsp3) is 0.188. The number of aromatic nitrogens is 2. The lowest BCUT2D eigenvalue weighted by Gasteiger charge is -2.12. The van der Waals surface area contributed by atoms with Crippen molar-refractivity contribution in [1.29, 1.82) is 0 Å². The molecule has 0 atom stereocenters. The molecule has 1 N–H and O–H groups in total. The van der Waals surface area contributed by atoms with Gasteiger partial charge in [-0.3, -0.25) is 4.72 Å². The van der Waals surface area contributed by atoms with Crippen molar-refractivity contribution < 1.29 is 17.9 Å². The Morgan fingerprint density at radius 3 is 2.50 bits per heavy atom. The molecule has 3 aromatic rings. The van der Waals surface area contributed by atoms with Crippen LogP contribution in [-0.4, -0.2) is 32.2 Å². The van der Waals surface area contributed by atoms with Gasteiger partial charge in [-0.15, -0.1) is 0 Å². The van der Waals surface area contributed by atoms with E-state index in [2.05, 4.69) is 9.71 Å². The number of rotatable bonds is 5. The fourth-order valence-corrected chi connectivity index (χ4v) is 3.47. The highest BCUT2D eigenvalue weighted by molar-refractivity contribution is 7.92. The molecule has 2 aromatic carbocycles. The predicted octanol–water partition coefficient (Wildman–Crippen LogP) is 2.39. The molecule has 8 heteroatoms. The molecule has 0 unspecified atom stereocenters. The number of hydrogen-bond acceptors (Lipinski definition) is 5.